The summed E-state index contributed by atoms with van der Waals surface area (Å²) < 4.78 is 38.0. The number of carbonyl (C=O) groups excluding carboxylic acids is 1. The molecule has 1 saturated heterocycles. The van der Waals surface area contributed by atoms with E-state index in [1.807, 2.05) is 22.4 Å². The Kier molecular flexibility index (Phi) is 6.33. The number of rotatable bonds is 5. The first-order chi connectivity index (χ1) is 12.9. The summed E-state index contributed by atoms with van der Waals surface area (Å²) in [7, 11) is 0. The fourth-order valence-electron chi connectivity index (χ4n) is 2.96. The number of amides is 1. The lowest BCUT2D eigenvalue weighted by molar-refractivity contribution is -0.137. The molecule has 1 N–H and O–H groups in total. The van der Waals surface area contributed by atoms with Gasteiger partial charge in [0.05, 0.1) is 18.7 Å². The molecule has 0 aromatic carbocycles. The zero-order valence-corrected chi connectivity index (χ0v) is 15.5. The third-order valence-corrected chi connectivity index (χ3v) is 5.27. The van der Waals surface area contributed by atoms with Gasteiger partial charge in [0.25, 0.3) is 0 Å². The standard InChI is InChI=1S/C18H21F3N4OS/c19-18(20,21)14-4-5-16(22-11-14)25-7-2-6-24(8-9-25)13-17(26)23-12-15-3-1-10-27-15/h1,3-5,10-11H,2,6-9,12-13H2,(H,23,26). The second kappa shape index (κ2) is 8.71. The number of nitrogens with zero attached hydrogens (tertiary/aromatic N) is 3. The maximum Gasteiger partial charge on any atom is 0.417 e. The van der Waals surface area contributed by atoms with Crippen molar-refractivity contribution in [2.75, 3.05) is 37.6 Å². The van der Waals surface area contributed by atoms with E-state index >= 15 is 0 Å². The van der Waals surface area contributed by atoms with Gasteiger partial charge in [-0.25, -0.2) is 4.98 Å². The van der Waals surface area contributed by atoms with Crippen molar-refractivity contribution >= 4 is 23.1 Å². The Morgan fingerprint density at radius 1 is 1.19 bits per heavy atom. The van der Waals surface area contributed by atoms with E-state index in [0.29, 0.717) is 38.5 Å². The number of pyridine rings is 1. The van der Waals surface area contributed by atoms with Crippen LogP contribution in [0.3, 0.4) is 0 Å². The van der Waals surface area contributed by atoms with Crippen LogP contribution in [0, 0.1) is 0 Å². The van der Waals surface area contributed by atoms with Gasteiger partial charge < -0.3 is 10.2 Å². The summed E-state index contributed by atoms with van der Waals surface area (Å²) in [5.41, 5.74) is -0.745. The normalized spacial score (nSPS) is 16.2. The van der Waals surface area contributed by atoms with Crippen molar-refractivity contribution in [3.8, 4) is 0 Å². The van der Waals surface area contributed by atoms with Gasteiger partial charge in [0, 0.05) is 37.3 Å². The minimum atomic E-state index is -4.38. The van der Waals surface area contributed by atoms with E-state index < -0.39 is 11.7 Å². The summed E-state index contributed by atoms with van der Waals surface area (Å²) in [4.78, 5) is 21.2. The summed E-state index contributed by atoms with van der Waals surface area (Å²) >= 11 is 1.60. The number of hydrogen-bond donors (Lipinski definition) is 1. The van der Waals surface area contributed by atoms with Gasteiger partial charge in [0.15, 0.2) is 0 Å². The minimum absolute atomic E-state index is 0.0236. The van der Waals surface area contributed by atoms with Crippen molar-refractivity contribution in [3.63, 3.8) is 0 Å². The Labute approximate surface area is 159 Å². The molecule has 2 aromatic heterocycles. The average Bonchev–Trinajstić information content (AvgIpc) is 3.05. The molecule has 27 heavy (non-hydrogen) atoms. The SMILES string of the molecule is O=C(CN1CCCN(c2ccc(C(F)(F)F)cn2)CC1)NCc1cccs1. The number of carbonyl (C=O) groups is 1. The third-order valence-electron chi connectivity index (χ3n) is 4.39. The van der Waals surface area contributed by atoms with Crippen LogP contribution in [0.25, 0.3) is 0 Å². The van der Waals surface area contributed by atoms with Crippen LogP contribution in [0.1, 0.15) is 16.9 Å². The van der Waals surface area contributed by atoms with Crippen molar-refractivity contribution in [2.24, 2.45) is 0 Å². The molecular weight excluding hydrogens is 377 g/mol. The molecule has 0 unspecified atom stereocenters. The highest BCUT2D eigenvalue weighted by Crippen LogP contribution is 2.29. The molecule has 0 spiro atoms. The smallest absolute Gasteiger partial charge is 0.355 e. The average molecular weight is 398 g/mol. The van der Waals surface area contributed by atoms with Crippen LogP contribution in [0.15, 0.2) is 35.8 Å². The van der Waals surface area contributed by atoms with Crippen LogP contribution in [0.4, 0.5) is 19.0 Å². The molecule has 3 rings (SSSR count). The van der Waals surface area contributed by atoms with E-state index in [1.54, 1.807) is 11.3 Å². The fraction of sp³-hybridized carbons (Fsp3) is 0.444. The predicted octanol–water partition coefficient (Wildman–Crippen LogP) is 2.99. The van der Waals surface area contributed by atoms with Gasteiger partial charge in [-0.15, -0.1) is 11.3 Å². The van der Waals surface area contributed by atoms with Crippen LogP contribution in [0.5, 0.6) is 0 Å². The Balaban J connectivity index is 1.49. The van der Waals surface area contributed by atoms with Gasteiger partial charge in [0.2, 0.25) is 5.91 Å². The van der Waals surface area contributed by atoms with Gasteiger partial charge in [-0.3, -0.25) is 9.69 Å². The van der Waals surface area contributed by atoms with Crippen molar-refractivity contribution in [1.82, 2.24) is 15.2 Å². The molecule has 0 radical (unpaired) electrons. The van der Waals surface area contributed by atoms with Crippen LogP contribution in [-0.2, 0) is 17.5 Å². The molecule has 1 aliphatic heterocycles. The summed E-state index contributed by atoms with van der Waals surface area (Å²) in [6, 6.07) is 6.39. The molecule has 0 aliphatic carbocycles. The summed E-state index contributed by atoms with van der Waals surface area (Å²) in [6.07, 6.45) is -2.69. The molecule has 0 atom stereocenters. The first-order valence-electron chi connectivity index (χ1n) is 8.71. The molecule has 3 heterocycles. The monoisotopic (exact) mass is 398 g/mol. The third kappa shape index (κ3) is 5.67. The number of thiophene rings is 1. The molecule has 0 saturated carbocycles. The highest BCUT2D eigenvalue weighted by Gasteiger charge is 2.31. The van der Waals surface area contributed by atoms with E-state index in [-0.39, 0.29) is 5.91 Å². The Morgan fingerprint density at radius 2 is 2.04 bits per heavy atom. The molecule has 1 amide bonds. The number of halogens is 3. The van der Waals surface area contributed by atoms with E-state index in [0.717, 1.165) is 30.1 Å². The van der Waals surface area contributed by atoms with E-state index in [4.69, 9.17) is 0 Å². The molecule has 1 aliphatic rings. The van der Waals surface area contributed by atoms with Crippen molar-refractivity contribution in [3.05, 3.63) is 46.3 Å². The first kappa shape index (κ1) is 19.6. The van der Waals surface area contributed by atoms with Gasteiger partial charge in [-0.1, -0.05) is 6.07 Å². The van der Waals surface area contributed by atoms with Crippen LogP contribution in [-0.4, -0.2) is 48.5 Å². The highest BCUT2D eigenvalue weighted by molar-refractivity contribution is 7.09. The lowest BCUT2D eigenvalue weighted by Gasteiger charge is -2.22. The first-order valence-corrected chi connectivity index (χ1v) is 9.59. The fourth-order valence-corrected chi connectivity index (χ4v) is 3.60. The predicted molar refractivity (Wildman–Crippen MR) is 98.7 cm³/mol. The molecule has 0 bridgehead atoms. The topological polar surface area (TPSA) is 48.5 Å². The van der Waals surface area contributed by atoms with Crippen molar-refractivity contribution in [1.29, 1.82) is 0 Å². The second-order valence-corrected chi connectivity index (χ2v) is 7.41. The Morgan fingerprint density at radius 3 is 2.70 bits per heavy atom. The minimum Gasteiger partial charge on any atom is -0.355 e. The number of hydrogen-bond acceptors (Lipinski definition) is 5. The van der Waals surface area contributed by atoms with Crippen molar-refractivity contribution < 1.29 is 18.0 Å². The summed E-state index contributed by atoms with van der Waals surface area (Å²) in [5, 5.41) is 4.89. The molecule has 5 nitrogen and oxygen atoms in total. The molecule has 1 fully saturated rings. The Bertz CT molecular complexity index is 734. The van der Waals surface area contributed by atoms with E-state index in [1.165, 1.54) is 6.07 Å². The molecule has 9 heteroatoms. The lowest BCUT2D eigenvalue weighted by atomic mass is 10.2. The summed E-state index contributed by atoms with van der Waals surface area (Å²) in [5.74, 6) is 0.511. The van der Waals surface area contributed by atoms with Crippen molar-refractivity contribution in [2.45, 2.75) is 19.1 Å². The molecule has 2 aromatic rings. The van der Waals surface area contributed by atoms with Gasteiger partial charge in [-0.2, -0.15) is 13.2 Å². The summed E-state index contributed by atoms with van der Waals surface area (Å²) in [6.45, 7) is 3.60. The second-order valence-electron chi connectivity index (χ2n) is 6.38. The largest absolute Gasteiger partial charge is 0.417 e. The number of aromatic nitrogens is 1. The number of alkyl halides is 3. The van der Waals surface area contributed by atoms with E-state index in [9.17, 15) is 18.0 Å². The van der Waals surface area contributed by atoms with Crippen LogP contribution >= 0.6 is 11.3 Å². The molecular formula is C18H21F3N4OS. The highest BCUT2D eigenvalue weighted by atomic mass is 32.1. The van der Waals surface area contributed by atoms with Crippen LogP contribution < -0.4 is 10.2 Å². The lowest BCUT2D eigenvalue weighted by Crippen LogP contribution is -2.39. The maximum atomic E-state index is 12.7. The molecule has 146 valence electrons. The Hall–Kier alpha value is -2.13. The van der Waals surface area contributed by atoms with Crippen LogP contribution in [0.2, 0.25) is 0 Å². The van der Waals surface area contributed by atoms with E-state index in [2.05, 4.69) is 15.2 Å². The van der Waals surface area contributed by atoms with Gasteiger partial charge in [0.1, 0.15) is 5.82 Å². The zero-order chi connectivity index (χ0) is 19.3. The number of nitrogens with one attached hydrogen (secondary N) is 1. The van der Waals surface area contributed by atoms with Gasteiger partial charge >= 0.3 is 6.18 Å². The quantitative estimate of drug-likeness (QED) is 0.841. The zero-order valence-electron chi connectivity index (χ0n) is 14.7. The maximum absolute atomic E-state index is 12.7. The number of anilines is 1. The van der Waals surface area contributed by atoms with Gasteiger partial charge in [-0.05, 0) is 30.0 Å².